The molecule has 0 aliphatic carbocycles. The van der Waals surface area contributed by atoms with E-state index in [2.05, 4.69) is 28.5 Å². The molecule has 0 aliphatic heterocycles. The van der Waals surface area contributed by atoms with Crippen LogP contribution in [0.5, 0.6) is 5.75 Å². The molecule has 232 valence electrons. The number of aryl methyl sites for hydroxylation is 1. The zero-order valence-electron chi connectivity index (χ0n) is 26.4. The van der Waals surface area contributed by atoms with Crippen LogP contribution in [-0.4, -0.2) is 50.6 Å². The molecule has 7 heteroatoms. The molecule has 0 aromatic heterocycles. The van der Waals surface area contributed by atoms with E-state index in [-0.39, 0.29) is 5.91 Å². The number of amides is 2. The van der Waals surface area contributed by atoms with Gasteiger partial charge in [0.1, 0.15) is 5.75 Å². The number of nitriles is 1. The number of benzene rings is 1. The summed E-state index contributed by atoms with van der Waals surface area (Å²) in [6.07, 6.45) is 22.1. The van der Waals surface area contributed by atoms with Crippen molar-refractivity contribution in [1.82, 2.24) is 15.5 Å². The molecule has 0 fully saturated rings. The van der Waals surface area contributed by atoms with Crippen molar-refractivity contribution in [2.75, 3.05) is 33.7 Å². The van der Waals surface area contributed by atoms with Crippen LogP contribution in [0.4, 0.5) is 4.79 Å². The van der Waals surface area contributed by atoms with Crippen molar-refractivity contribution in [1.29, 1.82) is 5.26 Å². The van der Waals surface area contributed by atoms with Gasteiger partial charge in [0.2, 0.25) is 5.91 Å². The molecule has 0 saturated heterocycles. The molecule has 1 rings (SSSR count). The summed E-state index contributed by atoms with van der Waals surface area (Å²) in [5.74, 6) is 0.306. The maximum absolute atomic E-state index is 12.4. The van der Waals surface area contributed by atoms with Crippen LogP contribution in [0.15, 0.2) is 18.2 Å². The zero-order valence-corrected chi connectivity index (χ0v) is 26.4. The molecule has 0 atom stereocenters. The number of ether oxygens (including phenoxy) is 1. The van der Waals surface area contributed by atoms with E-state index in [0.29, 0.717) is 37.2 Å². The quantitative estimate of drug-likeness (QED) is 0.117. The fourth-order valence-corrected chi connectivity index (χ4v) is 4.88. The fraction of sp³-hybridized carbons (Fsp3) is 0.735. The van der Waals surface area contributed by atoms with E-state index < -0.39 is 6.09 Å². The number of hydrogen-bond acceptors (Lipinski definition) is 5. The summed E-state index contributed by atoms with van der Waals surface area (Å²) in [4.78, 5) is 26.7. The third kappa shape index (κ3) is 20.9. The van der Waals surface area contributed by atoms with E-state index in [9.17, 15) is 14.9 Å². The molecule has 2 N–H and O–H groups in total. The van der Waals surface area contributed by atoms with Crippen LogP contribution in [0.2, 0.25) is 0 Å². The Bertz CT molecular complexity index is 866. The number of carbonyl (C=O) groups excluding carboxylic acids is 2. The highest BCUT2D eigenvalue weighted by Crippen LogP contribution is 2.22. The fourth-order valence-electron chi connectivity index (χ4n) is 4.88. The lowest BCUT2D eigenvalue weighted by atomic mass is 10.0. The van der Waals surface area contributed by atoms with Crippen molar-refractivity contribution in [2.24, 2.45) is 0 Å². The van der Waals surface area contributed by atoms with Gasteiger partial charge in [0.05, 0.1) is 11.6 Å². The summed E-state index contributed by atoms with van der Waals surface area (Å²) in [6, 6.07) is 7.10. The Labute approximate surface area is 250 Å². The van der Waals surface area contributed by atoms with Crippen molar-refractivity contribution in [3.63, 3.8) is 0 Å². The van der Waals surface area contributed by atoms with Gasteiger partial charge in [0.15, 0.2) is 0 Å². The summed E-state index contributed by atoms with van der Waals surface area (Å²) < 4.78 is 5.54. The van der Waals surface area contributed by atoms with E-state index in [1.807, 2.05) is 14.1 Å². The predicted molar refractivity (Wildman–Crippen MR) is 169 cm³/mol. The highest BCUT2D eigenvalue weighted by atomic mass is 16.6. The lowest BCUT2D eigenvalue weighted by Gasteiger charge is -2.12. The molecule has 1 aromatic rings. The molecular formula is C34H58N4O3. The molecule has 0 saturated carbocycles. The topological polar surface area (TPSA) is 94.5 Å². The Morgan fingerprint density at radius 1 is 0.780 bits per heavy atom. The van der Waals surface area contributed by atoms with Crippen LogP contribution in [0.25, 0.3) is 0 Å². The van der Waals surface area contributed by atoms with Crippen LogP contribution in [0.3, 0.4) is 0 Å². The third-order valence-corrected chi connectivity index (χ3v) is 7.42. The van der Waals surface area contributed by atoms with Crippen molar-refractivity contribution >= 4 is 12.0 Å². The zero-order chi connectivity index (χ0) is 30.0. The second-order valence-electron chi connectivity index (χ2n) is 11.6. The van der Waals surface area contributed by atoms with Gasteiger partial charge in [-0.25, -0.2) is 4.79 Å². The van der Waals surface area contributed by atoms with Crippen molar-refractivity contribution in [2.45, 2.75) is 129 Å². The van der Waals surface area contributed by atoms with Gasteiger partial charge in [-0.15, -0.1) is 0 Å². The summed E-state index contributed by atoms with van der Waals surface area (Å²) in [5.41, 5.74) is 1.16. The summed E-state index contributed by atoms with van der Waals surface area (Å²) in [7, 11) is 4.01. The molecule has 7 nitrogen and oxygen atoms in total. The van der Waals surface area contributed by atoms with E-state index >= 15 is 0 Å². The molecular weight excluding hydrogens is 512 g/mol. The number of nitrogens with zero attached hydrogens (tertiary/aromatic N) is 2. The van der Waals surface area contributed by atoms with Crippen molar-refractivity contribution in [3.05, 3.63) is 29.3 Å². The molecule has 0 unspecified atom stereocenters. The van der Waals surface area contributed by atoms with Gasteiger partial charge in [-0.1, -0.05) is 109 Å². The minimum absolute atomic E-state index is 0.0352. The number of unbranched alkanes of at least 4 members (excludes halogenated alkanes) is 15. The predicted octanol–water partition coefficient (Wildman–Crippen LogP) is 7.91. The second kappa shape index (κ2) is 25.1. The largest absolute Gasteiger partial charge is 0.412 e. The highest BCUT2D eigenvalue weighted by Gasteiger charge is 2.12. The van der Waals surface area contributed by atoms with Gasteiger partial charge in [-0.05, 0) is 57.6 Å². The Hall–Kier alpha value is -2.59. The molecule has 2 amide bonds. The lowest BCUT2D eigenvalue weighted by Crippen LogP contribution is -2.28. The van der Waals surface area contributed by atoms with Crippen molar-refractivity contribution < 1.29 is 14.3 Å². The van der Waals surface area contributed by atoms with Crippen LogP contribution in [0.1, 0.15) is 134 Å². The molecule has 0 radical (unpaired) electrons. The van der Waals surface area contributed by atoms with Gasteiger partial charge in [0.25, 0.3) is 0 Å². The first kappa shape index (κ1) is 36.4. The van der Waals surface area contributed by atoms with Gasteiger partial charge >= 0.3 is 6.09 Å². The van der Waals surface area contributed by atoms with Crippen LogP contribution in [-0.2, 0) is 11.2 Å². The smallest absolute Gasteiger partial charge is 0.410 e. The average Bonchev–Trinajstić information content (AvgIpc) is 2.96. The Kier molecular flexibility index (Phi) is 22.3. The Morgan fingerprint density at radius 2 is 1.32 bits per heavy atom. The summed E-state index contributed by atoms with van der Waals surface area (Å²) in [6.45, 7) is 4.39. The highest BCUT2D eigenvalue weighted by molar-refractivity contribution is 5.76. The lowest BCUT2D eigenvalue weighted by molar-refractivity contribution is -0.121. The van der Waals surface area contributed by atoms with E-state index in [1.54, 1.807) is 18.2 Å². The summed E-state index contributed by atoms with van der Waals surface area (Å²) in [5, 5.41) is 15.0. The maximum Gasteiger partial charge on any atom is 0.412 e. The molecule has 0 aliphatic rings. The third-order valence-electron chi connectivity index (χ3n) is 7.42. The monoisotopic (exact) mass is 570 g/mol. The standard InChI is InChI=1S/C34H58N4O3/c1-4-5-6-7-8-9-10-11-12-13-14-15-16-17-18-19-25-37-34(40)41-32-28-30(29-35)21-22-31(32)23-24-33(39)36-26-20-27-38(2)3/h21-22,28H,4-20,23-27H2,1-3H3,(H,36,39)(H,37,40). The first-order valence-corrected chi connectivity index (χ1v) is 16.4. The number of nitrogens with one attached hydrogen (secondary N) is 2. The molecule has 0 spiro atoms. The van der Waals surface area contributed by atoms with Crippen LogP contribution in [0, 0.1) is 11.3 Å². The van der Waals surface area contributed by atoms with E-state index in [1.165, 1.54) is 89.9 Å². The van der Waals surface area contributed by atoms with Crippen molar-refractivity contribution in [3.8, 4) is 11.8 Å². The minimum atomic E-state index is -0.518. The van der Waals surface area contributed by atoms with E-state index in [0.717, 1.165) is 31.4 Å². The Balaban J connectivity index is 2.14. The average molecular weight is 571 g/mol. The van der Waals surface area contributed by atoms with E-state index in [4.69, 9.17) is 4.74 Å². The van der Waals surface area contributed by atoms with Crippen LogP contribution < -0.4 is 15.4 Å². The maximum atomic E-state index is 12.4. The molecule has 0 heterocycles. The first-order valence-electron chi connectivity index (χ1n) is 16.4. The van der Waals surface area contributed by atoms with Gasteiger partial charge in [0, 0.05) is 19.5 Å². The minimum Gasteiger partial charge on any atom is -0.410 e. The molecule has 41 heavy (non-hydrogen) atoms. The number of carbonyl (C=O) groups is 2. The number of hydrogen-bond donors (Lipinski definition) is 2. The second-order valence-corrected chi connectivity index (χ2v) is 11.6. The molecule has 1 aromatic carbocycles. The SMILES string of the molecule is CCCCCCCCCCCCCCCCCCNC(=O)Oc1cc(C#N)ccc1CCC(=O)NCCCN(C)C. The first-order chi connectivity index (χ1) is 20.0. The Morgan fingerprint density at radius 3 is 1.85 bits per heavy atom. The number of rotatable bonds is 25. The molecule has 0 bridgehead atoms. The van der Waals surface area contributed by atoms with Gasteiger partial charge < -0.3 is 20.3 Å². The van der Waals surface area contributed by atoms with Gasteiger partial charge in [-0.3, -0.25) is 4.79 Å². The van der Waals surface area contributed by atoms with Gasteiger partial charge in [-0.2, -0.15) is 5.26 Å². The normalized spacial score (nSPS) is 10.9. The van der Waals surface area contributed by atoms with Crippen LogP contribution >= 0.6 is 0 Å². The summed E-state index contributed by atoms with van der Waals surface area (Å²) >= 11 is 0.